The van der Waals surface area contributed by atoms with Gasteiger partial charge in [-0.2, -0.15) is 13.5 Å². The minimum Gasteiger partial charge on any atom is -0.231 e. The van der Waals surface area contributed by atoms with Crippen LogP contribution in [0.2, 0.25) is 0 Å². The molecule has 3 rings (SSSR count). The van der Waals surface area contributed by atoms with Crippen molar-refractivity contribution in [3.63, 3.8) is 0 Å². The van der Waals surface area contributed by atoms with Crippen LogP contribution in [0.3, 0.4) is 0 Å². The summed E-state index contributed by atoms with van der Waals surface area (Å²) in [6.45, 7) is 0. The van der Waals surface area contributed by atoms with E-state index in [2.05, 4.69) is 20.3 Å². The van der Waals surface area contributed by atoms with E-state index in [4.69, 9.17) is 0 Å². The summed E-state index contributed by atoms with van der Waals surface area (Å²) in [6.07, 6.45) is 1.12. The van der Waals surface area contributed by atoms with Crippen molar-refractivity contribution in [2.75, 3.05) is 5.75 Å². The molecule has 0 fully saturated rings. The highest BCUT2D eigenvalue weighted by Gasteiger charge is 2.08. The number of para-hydroxylation sites is 1. The molecule has 0 bridgehead atoms. The molecule has 8 heteroatoms. The van der Waals surface area contributed by atoms with Gasteiger partial charge >= 0.3 is 0 Å². The summed E-state index contributed by atoms with van der Waals surface area (Å²) in [5.41, 5.74) is 1.62. The summed E-state index contributed by atoms with van der Waals surface area (Å²) < 4.78 is 25.5. The smallest absolute Gasteiger partial charge is 0.231 e. The minimum absolute atomic E-state index is 0.271. The maximum Gasteiger partial charge on any atom is 0.266 e. The Kier molecular flexibility index (Phi) is 4.38. The first kappa shape index (κ1) is 14.6. The molecule has 0 aliphatic carbocycles. The van der Waals surface area contributed by atoms with Crippen LogP contribution in [0.5, 0.6) is 0 Å². The number of aromatic nitrogens is 5. The van der Waals surface area contributed by atoms with Crippen molar-refractivity contribution in [3.8, 4) is 5.82 Å². The van der Waals surface area contributed by atoms with E-state index < -0.39 is 6.08 Å². The molecule has 5 nitrogen and oxygen atoms in total. The van der Waals surface area contributed by atoms with Crippen LogP contribution in [0.15, 0.2) is 53.8 Å². The lowest BCUT2D eigenvalue weighted by Crippen LogP contribution is -2.01. The average Bonchev–Trinajstić information content (AvgIpc) is 2.96. The lowest BCUT2D eigenvalue weighted by atomic mass is 10.3. The summed E-state index contributed by atoms with van der Waals surface area (Å²) in [5.74, 6) is 1.08. The van der Waals surface area contributed by atoms with Crippen molar-refractivity contribution < 1.29 is 8.78 Å². The number of halogens is 2. The summed E-state index contributed by atoms with van der Waals surface area (Å²) in [4.78, 5) is 8.51. The number of nitrogens with zero attached hydrogens (tertiary/aromatic N) is 5. The lowest BCUT2D eigenvalue weighted by Gasteiger charge is -2.03. The number of fused-ring (bicyclic) bond motifs is 1. The molecule has 0 amide bonds. The molecule has 0 saturated heterocycles. The molecule has 3 aromatic rings. The number of rotatable bonds is 5. The molecule has 112 valence electrons. The second kappa shape index (κ2) is 6.61. The van der Waals surface area contributed by atoms with Gasteiger partial charge in [-0.15, -0.1) is 5.10 Å². The Bertz CT molecular complexity index is 814. The van der Waals surface area contributed by atoms with Crippen LogP contribution >= 0.6 is 11.8 Å². The highest BCUT2D eigenvalue weighted by atomic mass is 32.2. The van der Waals surface area contributed by atoms with Crippen LogP contribution in [0.1, 0.15) is 6.42 Å². The quantitative estimate of drug-likeness (QED) is 0.409. The first-order chi connectivity index (χ1) is 10.7. The Morgan fingerprint density at radius 2 is 2.09 bits per heavy atom. The van der Waals surface area contributed by atoms with Crippen molar-refractivity contribution in [2.45, 2.75) is 11.6 Å². The number of thioether (sulfide) groups is 1. The molecule has 0 aliphatic heterocycles. The summed E-state index contributed by atoms with van der Waals surface area (Å²) >= 11 is 1.32. The molecular weight excluding hydrogens is 308 g/mol. The van der Waals surface area contributed by atoms with E-state index in [1.807, 2.05) is 24.3 Å². The van der Waals surface area contributed by atoms with E-state index in [-0.39, 0.29) is 6.42 Å². The SMILES string of the molecule is FC(F)=CCCSc1nccc(-n2nnc3ccccc32)n1. The molecule has 0 aliphatic rings. The summed E-state index contributed by atoms with van der Waals surface area (Å²) in [7, 11) is 0. The molecule has 0 saturated carbocycles. The zero-order chi connectivity index (χ0) is 15.4. The van der Waals surface area contributed by atoms with E-state index in [9.17, 15) is 8.78 Å². The second-order valence-electron chi connectivity index (χ2n) is 4.32. The van der Waals surface area contributed by atoms with Gasteiger partial charge in [0.2, 0.25) is 0 Å². The van der Waals surface area contributed by atoms with Gasteiger partial charge in [0.05, 0.1) is 5.52 Å². The second-order valence-corrected chi connectivity index (χ2v) is 5.38. The van der Waals surface area contributed by atoms with E-state index in [0.717, 1.165) is 17.1 Å². The molecular formula is C14H11F2N5S. The van der Waals surface area contributed by atoms with Crippen LogP contribution in [-0.2, 0) is 0 Å². The topological polar surface area (TPSA) is 56.5 Å². The first-order valence-corrected chi connectivity index (χ1v) is 7.50. The predicted octanol–water partition coefficient (Wildman–Crippen LogP) is 3.47. The first-order valence-electron chi connectivity index (χ1n) is 6.52. The Labute approximate surface area is 129 Å². The van der Waals surface area contributed by atoms with E-state index in [0.29, 0.717) is 16.7 Å². The number of hydrogen-bond donors (Lipinski definition) is 0. The van der Waals surface area contributed by atoms with E-state index in [1.54, 1.807) is 16.9 Å². The Morgan fingerprint density at radius 3 is 2.95 bits per heavy atom. The third-order valence-corrected chi connectivity index (χ3v) is 3.73. The lowest BCUT2D eigenvalue weighted by molar-refractivity contribution is 0.418. The third-order valence-electron chi connectivity index (χ3n) is 2.84. The molecule has 2 heterocycles. The molecule has 0 atom stereocenters. The Balaban J connectivity index is 1.80. The highest BCUT2D eigenvalue weighted by Crippen LogP contribution is 2.18. The molecule has 0 N–H and O–H groups in total. The van der Waals surface area contributed by atoms with Crippen molar-refractivity contribution in [3.05, 3.63) is 48.7 Å². The van der Waals surface area contributed by atoms with Crippen LogP contribution in [0.4, 0.5) is 8.78 Å². The van der Waals surface area contributed by atoms with Gasteiger partial charge in [0, 0.05) is 18.0 Å². The molecule has 22 heavy (non-hydrogen) atoms. The van der Waals surface area contributed by atoms with Gasteiger partial charge in [0.25, 0.3) is 6.08 Å². The highest BCUT2D eigenvalue weighted by molar-refractivity contribution is 7.99. The molecule has 0 radical (unpaired) electrons. The van der Waals surface area contributed by atoms with Crippen molar-refractivity contribution in [2.24, 2.45) is 0 Å². The van der Waals surface area contributed by atoms with E-state index in [1.165, 1.54) is 11.8 Å². The summed E-state index contributed by atoms with van der Waals surface area (Å²) in [5, 5.41) is 8.68. The van der Waals surface area contributed by atoms with Crippen LogP contribution in [0.25, 0.3) is 16.9 Å². The number of hydrogen-bond acceptors (Lipinski definition) is 5. The predicted molar refractivity (Wildman–Crippen MR) is 80.1 cm³/mol. The minimum atomic E-state index is -1.66. The van der Waals surface area contributed by atoms with Gasteiger partial charge in [-0.3, -0.25) is 0 Å². The molecule has 0 spiro atoms. The zero-order valence-corrected chi connectivity index (χ0v) is 12.2. The van der Waals surface area contributed by atoms with Gasteiger partial charge in [0.15, 0.2) is 11.0 Å². The van der Waals surface area contributed by atoms with Crippen LogP contribution < -0.4 is 0 Å². The number of benzene rings is 1. The maximum absolute atomic E-state index is 12.0. The fourth-order valence-corrected chi connectivity index (χ4v) is 2.59. The van der Waals surface area contributed by atoms with Gasteiger partial charge < -0.3 is 0 Å². The monoisotopic (exact) mass is 319 g/mol. The van der Waals surface area contributed by atoms with Crippen molar-refractivity contribution in [1.29, 1.82) is 0 Å². The number of allylic oxidation sites excluding steroid dienone is 1. The average molecular weight is 319 g/mol. The van der Waals surface area contributed by atoms with Crippen LogP contribution in [0, 0.1) is 0 Å². The normalized spacial score (nSPS) is 10.8. The van der Waals surface area contributed by atoms with E-state index >= 15 is 0 Å². The molecule has 2 aromatic heterocycles. The fraction of sp³-hybridized carbons (Fsp3) is 0.143. The standard InChI is InChI=1S/C14H11F2N5S/c15-12(16)6-3-9-22-14-17-8-7-13(18-14)21-11-5-2-1-4-10(11)19-20-21/h1-2,4-8H,3,9H2. The zero-order valence-electron chi connectivity index (χ0n) is 11.4. The maximum atomic E-state index is 12.0. The van der Waals surface area contributed by atoms with Crippen molar-refractivity contribution in [1.82, 2.24) is 25.0 Å². The Morgan fingerprint density at radius 1 is 1.23 bits per heavy atom. The van der Waals surface area contributed by atoms with Gasteiger partial charge in [0.1, 0.15) is 5.52 Å². The largest absolute Gasteiger partial charge is 0.266 e. The van der Waals surface area contributed by atoms with Crippen LogP contribution in [-0.4, -0.2) is 30.7 Å². The Hall–Kier alpha value is -2.35. The van der Waals surface area contributed by atoms with Gasteiger partial charge in [-0.1, -0.05) is 29.1 Å². The van der Waals surface area contributed by atoms with Gasteiger partial charge in [-0.25, -0.2) is 9.97 Å². The molecule has 0 unspecified atom stereocenters. The summed E-state index contributed by atoms with van der Waals surface area (Å²) in [6, 6.07) is 9.29. The molecule has 1 aromatic carbocycles. The van der Waals surface area contributed by atoms with Gasteiger partial charge in [-0.05, 0) is 24.6 Å². The third kappa shape index (κ3) is 3.28. The van der Waals surface area contributed by atoms with Crippen molar-refractivity contribution >= 4 is 22.8 Å². The fourth-order valence-electron chi connectivity index (χ4n) is 1.88.